The minimum absolute atomic E-state index is 0.0279. The van der Waals surface area contributed by atoms with Gasteiger partial charge >= 0.3 is 0 Å². The Morgan fingerprint density at radius 1 is 1.44 bits per heavy atom. The molecule has 0 aromatic heterocycles. The summed E-state index contributed by atoms with van der Waals surface area (Å²) in [6, 6.07) is 3.87. The van der Waals surface area contributed by atoms with Crippen LogP contribution in [-0.4, -0.2) is 22.2 Å². The van der Waals surface area contributed by atoms with Crippen LogP contribution in [0.1, 0.15) is 18.9 Å². The van der Waals surface area contributed by atoms with E-state index in [1.165, 1.54) is 18.2 Å². The molecule has 1 rings (SSSR count). The van der Waals surface area contributed by atoms with E-state index >= 15 is 0 Å². The molecule has 2 N–H and O–H groups in total. The van der Waals surface area contributed by atoms with Crippen molar-refractivity contribution in [1.82, 2.24) is 0 Å². The van der Waals surface area contributed by atoms with E-state index in [9.17, 15) is 14.6 Å². The van der Waals surface area contributed by atoms with Crippen LogP contribution in [0.2, 0.25) is 0 Å². The summed E-state index contributed by atoms with van der Waals surface area (Å²) < 4.78 is 12.9. The van der Waals surface area contributed by atoms with Gasteiger partial charge in [-0.1, -0.05) is 6.92 Å². The van der Waals surface area contributed by atoms with Crippen LogP contribution < -0.4 is 0 Å². The van der Waals surface area contributed by atoms with Gasteiger partial charge < -0.3 is 10.2 Å². The van der Waals surface area contributed by atoms with Gasteiger partial charge in [-0.3, -0.25) is 0 Å². The van der Waals surface area contributed by atoms with Gasteiger partial charge in [0.05, 0.1) is 6.10 Å². The van der Waals surface area contributed by atoms with Crippen LogP contribution in [0.15, 0.2) is 18.2 Å². The molecule has 1 unspecified atom stereocenters. The predicted octanol–water partition coefficient (Wildman–Crippen LogP) is 2.70. The van der Waals surface area contributed by atoms with Gasteiger partial charge in [-0.25, -0.2) is 4.39 Å². The van der Waals surface area contributed by atoms with Gasteiger partial charge in [0, 0.05) is 5.88 Å². The fraction of sp³-hybridized carbons (Fsp3) is 0.500. The van der Waals surface area contributed by atoms with E-state index in [2.05, 4.69) is 0 Å². The summed E-state index contributed by atoms with van der Waals surface area (Å²) in [6.45, 7) is 1.88. The highest BCUT2D eigenvalue weighted by Gasteiger charge is 2.13. The summed E-state index contributed by atoms with van der Waals surface area (Å²) in [5, 5.41) is 18.9. The molecule has 0 fully saturated rings. The number of hydrogen-bond donors (Lipinski definition) is 2. The Balaban J connectivity index is 2.57. The molecular formula is C12H16ClFO2. The molecule has 4 heteroatoms. The largest absolute Gasteiger partial charge is 0.508 e. The standard InChI is InChI=1S/C12H16ClFO2/c1-8(12(16)7-13)2-3-9-6-10(14)4-5-11(9)15/h4-6,8,12,15-16H,2-3,7H2,1H3/t8-,12?/m1/s1. The van der Waals surface area contributed by atoms with Crippen molar-refractivity contribution in [1.29, 1.82) is 0 Å². The van der Waals surface area contributed by atoms with E-state index in [0.717, 1.165) is 0 Å². The van der Waals surface area contributed by atoms with E-state index in [1.807, 2.05) is 6.92 Å². The Hall–Kier alpha value is -0.800. The fourth-order valence-corrected chi connectivity index (χ4v) is 1.79. The zero-order valence-corrected chi connectivity index (χ0v) is 9.91. The van der Waals surface area contributed by atoms with Gasteiger partial charge in [0.1, 0.15) is 11.6 Å². The Morgan fingerprint density at radius 3 is 2.75 bits per heavy atom. The maximum Gasteiger partial charge on any atom is 0.123 e. The zero-order chi connectivity index (χ0) is 12.1. The number of benzene rings is 1. The van der Waals surface area contributed by atoms with Crippen LogP contribution in [0.5, 0.6) is 5.75 Å². The van der Waals surface area contributed by atoms with Crippen LogP contribution in [0.25, 0.3) is 0 Å². The molecule has 1 aromatic carbocycles. The SMILES string of the molecule is C[C@H](CCc1cc(F)ccc1O)C(O)CCl. The number of phenolic OH excluding ortho intramolecular Hbond substituents is 1. The lowest BCUT2D eigenvalue weighted by molar-refractivity contribution is 0.133. The molecule has 0 saturated carbocycles. The Labute approximate surface area is 99.7 Å². The second kappa shape index (κ2) is 6.06. The minimum atomic E-state index is -0.558. The quantitative estimate of drug-likeness (QED) is 0.785. The molecule has 0 saturated heterocycles. The Kier molecular flexibility index (Phi) is 5.03. The Morgan fingerprint density at radius 2 is 2.12 bits per heavy atom. The van der Waals surface area contributed by atoms with Gasteiger partial charge in [-0.05, 0) is 42.5 Å². The van der Waals surface area contributed by atoms with E-state index in [-0.39, 0.29) is 23.4 Å². The summed E-state index contributed by atoms with van der Waals surface area (Å²) in [6.07, 6.45) is 0.626. The third kappa shape index (κ3) is 3.65. The van der Waals surface area contributed by atoms with Crippen LogP contribution in [0, 0.1) is 11.7 Å². The van der Waals surface area contributed by atoms with Crippen LogP contribution in [0.4, 0.5) is 4.39 Å². The third-order valence-electron chi connectivity index (χ3n) is 2.73. The maximum absolute atomic E-state index is 12.9. The molecule has 2 nitrogen and oxygen atoms in total. The van der Waals surface area contributed by atoms with Crippen molar-refractivity contribution in [2.75, 3.05) is 5.88 Å². The third-order valence-corrected chi connectivity index (χ3v) is 3.04. The van der Waals surface area contributed by atoms with E-state index < -0.39 is 6.10 Å². The summed E-state index contributed by atoms with van der Waals surface area (Å²) in [5.41, 5.74) is 0.564. The lowest BCUT2D eigenvalue weighted by Crippen LogP contribution is -2.19. The van der Waals surface area contributed by atoms with Gasteiger partial charge in [0.15, 0.2) is 0 Å². The molecule has 90 valence electrons. The molecule has 0 heterocycles. The Bertz CT molecular complexity index is 344. The molecule has 0 aliphatic carbocycles. The first kappa shape index (κ1) is 13.3. The topological polar surface area (TPSA) is 40.5 Å². The van der Waals surface area contributed by atoms with Crippen molar-refractivity contribution >= 4 is 11.6 Å². The second-order valence-electron chi connectivity index (χ2n) is 4.01. The van der Waals surface area contributed by atoms with Crippen molar-refractivity contribution in [3.8, 4) is 5.75 Å². The highest BCUT2D eigenvalue weighted by atomic mass is 35.5. The van der Waals surface area contributed by atoms with E-state index in [0.29, 0.717) is 18.4 Å². The number of halogens is 2. The maximum atomic E-state index is 12.9. The average molecular weight is 247 g/mol. The van der Waals surface area contributed by atoms with Crippen molar-refractivity contribution in [3.63, 3.8) is 0 Å². The first-order valence-electron chi connectivity index (χ1n) is 5.26. The molecule has 0 aliphatic heterocycles. The van der Waals surface area contributed by atoms with Crippen molar-refractivity contribution in [2.24, 2.45) is 5.92 Å². The molecular weight excluding hydrogens is 231 g/mol. The summed E-state index contributed by atoms with van der Waals surface area (Å²) in [7, 11) is 0. The van der Waals surface area contributed by atoms with E-state index in [1.54, 1.807) is 0 Å². The van der Waals surface area contributed by atoms with Gasteiger partial charge in [0.2, 0.25) is 0 Å². The number of aliphatic hydroxyl groups is 1. The fourth-order valence-electron chi connectivity index (χ4n) is 1.48. The average Bonchev–Trinajstić information content (AvgIpc) is 2.28. The summed E-state index contributed by atoms with van der Waals surface area (Å²) >= 11 is 5.53. The van der Waals surface area contributed by atoms with Crippen LogP contribution in [-0.2, 0) is 6.42 Å². The second-order valence-corrected chi connectivity index (χ2v) is 4.32. The van der Waals surface area contributed by atoms with Crippen molar-refractivity contribution < 1.29 is 14.6 Å². The predicted molar refractivity (Wildman–Crippen MR) is 62.3 cm³/mol. The molecule has 0 radical (unpaired) electrons. The molecule has 1 aromatic rings. The number of aromatic hydroxyl groups is 1. The highest BCUT2D eigenvalue weighted by molar-refractivity contribution is 6.18. The summed E-state index contributed by atoms with van der Waals surface area (Å²) in [4.78, 5) is 0. The smallest absolute Gasteiger partial charge is 0.123 e. The highest BCUT2D eigenvalue weighted by Crippen LogP contribution is 2.22. The molecule has 0 aliphatic rings. The van der Waals surface area contributed by atoms with E-state index in [4.69, 9.17) is 11.6 Å². The van der Waals surface area contributed by atoms with Crippen molar-refractivity contribution in [3.05, 3.63) is 29.6 Å². The van der Waals surface area contributed by atoms with Crippen LogP contribution >= 0.6 is 11.6 Å². The van der Waals surface area contributed by atoms with Gasteiger partial charge in [0.25, 0.3) is 0 Å². The first-order chi connectivity index (χ1) is 7.54. The zero-order valence-electron chi connectivity index (χ0n) is 9.16. The monoisotopic (exact) mass is 246 g/mol. The molecule has 16 heavy (non-hydrogen) atoms. The normalized spacial score (nSPS) is 14.8. The number of aryl methyl sites for hydroxylation is 1. The van der Waals surface area contributed by atoms with Crippen molar-refractivity contribution in [2.45, 2.75) is 25.9 Å². The number of aliphatic hydroxyl groups excluding tert-OH is 1. The number of hydrogen-bond acceptors (Lipinski definition) is 2. The molecule has 2 atom stereocenters. The number of phenols is 1. The number of rotatable bonds is 5. The van der Waals surface area contributed by atoms with Gasteiger partial charge in [-0.2, -0.15) is 0 Å². The lowest BCUT2D eigenvalue weighted by atomic mass is 9.96. The van der Waals surface area contributed by atoms with Gasteiger partial charge in [-0.15, -0.1) is 11.6 Å². The molecule has 0 amide bonds. The lowest BCUT2D eigenvalue weighted by Gasteiger charge is -2.16. The molecule has 0 spiro atoms. The van der Waals surface area contributed by atoms with Crippen LogP contribution in [0.3, 0.4) is 0 Å². The summed E-state index contributed by atoms with van der Waals surface area (Å²) in [5.74, 6) is -0.0523. The number of alkyl halides is 1. The minimum Gasteiger partial charge on any atom is -0.508 e. The molecule has 0 bridgehead atoms. The first-order valence-corrected chi connectivity index (χ1v) is 5.79.